The van der Waals surface area contributed by atoms with E-state index >= 15 is 0 Å². The second-order valence-corrected chi connectivity index (χ2v) is 3.18. The fraction of sp³-hybridized carbons (Fsp3) is 1.00. The zero-order valence-electron chi connectivity index (χ0n) is 7.40. The Hall–Kier alpha value is -0.0400. The monoisotopic (exact) mass is 143 g/mol. The summed E-state index contributed by atoms with van der Waals surface area (Å²) in [4.78, 5) is 0. The number of hydrogen-bond acceptors (Lipinski definition) is 1. The van der Waals surface area contributed by atoms with Gasteiger partial charge in [0.15, 0.2) is 0 Å². The Labute approximate surface area is 65.0 Å². The molecule has 0 rings (SSSR count). The van der Waals surface area contributed by atoms with Crippen molar-refractivity contribution in [3.63, 3.8) is 0 Å². The lowest BCUT2D eigenvalue weighted by Gasteiger charge is -2.08. The molecule has 0 aromatic rings. The van der Waals surface area contributed by atoms with E-state index in [4.69, 9.17) is 5.73 Å². The SMILES string of the molecule is CCCC[C@@H](C)CCCN. The number of hydrogen-bond donors (Lipinski definition) is 1. The maximum Gasteiger partial charge on any atom is -0.00772 e. The van der Waals surface area contributed by atoms with E-state index in [1.807, 2.05) is 0 Å². The van der Waals surface area contributed by atoms with Gasteiger partial charge in [-0.2, -0.15) is 0 Å². The van der Waals surface area contributed by atoms with Crippen LogP contribution < -0.4 is 5.73 Å². The smallest absolute Gasteiger partial charge is 0.00772 e. The molecule has 1 nitrogen and oxygen atoms in total. The van der Waals surface area contributed by atoms with Gasteiger partial charge in [0.25, 0.3) is 0 Å². The number of nitrogens with two attached hydrogens (primary N) is 1. The van der Waals surface area contributed by atoms with Crippen LogP contribution in [0.4, 0.5) is 0 Å². The summed E-state index contributed by atoms with van der Waals surface area (Å²) in [7, 11) is 0. The molecule has 0 aliphatic heterocycles. The van der Waals surface area contributed by atoms with Crippen LogP contribution in [0.1, 0.15) is 46.0 Å². The highest BCUT2D eigenvalue weighted by Gasteiger charge is 1.98. The minimum Gasteiger partial charge on any atom is -0.330 e. The third-order valence-electron chi connectivity index (χ3n) is 1.95. The Kier molecular flexibility index (Phi) is 7.04. The minimum atomic E-state index is 0.858. The summed E-state index contributed by atoms with van der Waals surface area (Å²) in [5.74, 6) is 0.892. The van der Waals surface area contributed by atoms with Crippen molar-refractivity contribution < 1.29 is 0 Å². The molecule has 0 aromatic heterocycles. The summed E-state index contributed by atoms with van der Waals surface area (Å²) in [6, 6.07) is 0. The molecular formula is C9H21N. The van der Waals surface area contributed by atoms with Gasteiger partial charge in [-0.05, 0) is 25.3 Å². The van der Waals surface area contributed by atoms with E-state index in [9.17, 15) is 0 Å². The van der Waals surface area contributed by atoms with Crippen molar-refractivity contribution in [3.8, 4) is 0 Å². The largest absolute Gasteiger partial charge is 0.330 e. The Balaban J connectivity index is 3.00. The maximum absolute atomic E-state index is 5.41. The van der Waals surface area contributed by atoms with Gasteiger partial charge in [-0.15, -0.1) is 0 Å². The lowest BCUT2D eigenvalue weighted by atomic mass is 9.99. The molecule has 0 fully saturated rings. The summed E-state index contributed by atoms with van der Waals surface area (Å²) >= 11 is 0. The molecular weight excluding hydrogens is 122 g/mol. The van der Waals surface area contributed by atoms with Crippen LogP contribution in [0.5, 0.6) is 0 Å². The van der Waals surface area contributed by atoms with E-state index in [1.54, 1.807) is 0 Å². The van der Waals surface area contributed by atoms with Crippen molar-refractivity contribution in [1.82, 2.24) is 0 Å². The minimum absolute atomic E-state index is 0.858. The second kappa shape index (κ2) is 7.07. The molecule has 0 aliphatic rings. The molecule has 0 aliphatic carbocycles. The van der Waals surface area contributed by atoms with Crippen LogP contribution in [0.25, 0.3) is 0 Å². The molecule has 0 amide bonds. The molecule has 0 unspecified atom stereocenters. The first-order chi connectivity index (χ1) is 4.81. The highest BCUT2D eigenvalue weighted by molar-refractivity contribution is 4.53. The standard InChI is InChI=1S/C9H21N/c1-3-4-6-9(2)7-5-8-10/h9H,3-8,10H2,1-2H3/t9-/m1/s1. The van der Waals surface area contributed by atoms with Gasteiger partial charge in [0.05, 0.1) is 0 Å². The average Bonchev–Trinajstić information content (AvgIpc) is 1.97. The predicted octanol–water partition coefficient (Wildman–Crippen LogP) is 2.55. The molecule has 0 radical (unpaired) electrons. The van der Waals surface area contributed by atoms with Crippen LogP contribution in [-0.4, -0.2) is 6.54 Å². The summed E-state index contributed by atoms with van der Waals surface area (Å²) in [5.41, 5.74) is 5.41. The van der Waals surface area contributed by atoms with Gasteiger partial charge >= 0.3 is 0 Å². The van der Waals surface area contributed by atoms with Gasteiger partial charge in [0.2, 0.25) is 0 Å². The van der Waals surface area contributed by atoms with Crippen LogP contribution in [0, 0.1) is 5.92 Å². The van der Waals surface area contributed by atoms with Gasteiger partial charge in [-0.3, -0.25) is 0 Å². The Bertz CT molecular complexity index is 53.7. The van der Waals surface area contributed by atoms with Crippen molar-refractivity contribution in [2.45, 2.75) is 46.0 Å². The quantitative estimate of drug-likeness (QED) is 0.607. The molecule has 0 aromatic carbocycles. The Morgan fingerprint density at radius 3 is 2.30 bits per heavy atom. The van der Waals surface area contributed by atoms with E-state index in [1.165, 1.54) is 32.1 Å². The first kappa shape index (κ1) is 9.96. The molecule has 0 spiro atoms. The van der Waals surface area contributed by atoms with Crippen molar-refractivity contribution in [1.29, 1.82) is 0 Å². The zero-order valence-corrected chi connectivity index (χ0v) is 7.40. The normalized spacial score (nSPS) is 13.5. The lowest BCUT2D eigenvalue weighted by Crippen LogP contribution is -2.02. The first-order valence-electron chi connectivity index (χ1n) is 4.51. The maximum atomic E-state index is 5.41. The van der Waals surface area contributed by atoms with Crippen molar-refractivity contribution in [2.24, 2.45) is 11.7 Å². The third-order valence-corrected chi connectivity index (χ3v) is 1.95. The van der Waals surface area contributed by atoms with Crippen LogP contribution >= 0.6 is 0 Å². The van der Waals surface area contributed by atoms with Gasteiger partial charge in [-0.25, -0.2) is 0 Å². The van der Waals surface area contributed by atoms with Crippen molar-refractivity contribution >= 4 is 0 Å². The molecule has 0 heterocycles. The summed E-state index contributed by atoms with van der Waals surface area (Å²) in [6.07, 6.45) is 6.61. The van der Waals surface area contributed by atoms with E-state index in [0.29, 0.717) is 0 Å². The van der Waals surface area contributed by atoms with E-state index in [-0.39, 0.29) is 0 Å². The number of rotatable bonds is 6. The predicted molar refractivity (Wildman–Crippen MR) is 47.0 cm³/mol. The first-order valence-corrected chi connectivity index (χ1v) is 4.51. The molecule has 0 saturated carbocycles. The molecule has 1 heteroatoms. The van der Waals surface area contributed by atoms with Gasteiger partial charge in [-0.1, -0.05) is 33.1 Å². The van der Waals surface area contributed by atoms with Crippen LogP contribution in [0.15, 0.2) is 0 Å². The number of unbranched alkanes of at least 4 members (excludes halogenated alkanes) is 1. The Morgan fingerprint density at radius 2 is 1.80 bits per heavy atom. The molecule has 1 atom stereocenters. The zero-order chi connectivity index (χ0) is 7.82. The Morgan fingerprint density at radius 1 is 1.20 bits per heavy atom. The fourth-order valence-corrected chi connectivity index (χ4v) is 1.16. The summed E-state index contributed by atoms with van der Waals surface area (Å²) in [6.45, 7) is 5.43. The van der Waals surface area contributed by atoms with Crippen LogP contribution in [0.2, 0.25) is 0 Å². The molecule has 0 bridgehead atoms. The average molecular weight is 143 g/mol. The van der Waals surface area contributed by atoms with E-state index in [2.05, 4.69) is 13.8 Å². The second-order valence-electron chi connectivity index (χ2n) is 3.18. The van der Waals surface area contributed by atoms with E-state index < -0.39 is 0 Å². The van der Waals surface area contributed by atoms with Gasteiger partial charge < -0.3 is 5.73 Å². The fourth-order valence-electron chi connectivity index (χ4n) is 1.16. The van der Waals surface area contributed by atoms with Crippen molar-refractivity contribution in [3.05, 3.63) is 0 Å². The van der Waals surface area contributed by atoms with Crippen molar-refractivity contribution in [2.75, 3.05) is 6.54 Å². The van der Waals surface area contributed by atoms with Gasteiger partial charge in [0, 0.05) is 0 Å². The summed E-state index contributed by atoms with van der Waals surface area (Å²) < 4.78 is 0. The highest BCUT2D eigenvalue weighted by atomic mass is 14.5. The van der Waals surface area contributed by atoms with Crippen LogP contribution in [0.3, 0.4) is 0 Å². The topological polar surface area (TPSA) is 26.0 Å². The van der Waals surface area contributed by atoms with E-state index in [0.717, 1.165) is 12.5 Å². The van der Waals surface area contributed by atoms with Gasteiger partial charge in [0.1, 0.15) is 0 Å². The lowest BCUT2D eigenvalue weighted by molar-refractivity contribution is 0.460. The molecule has 62 valence electrons. The highest BCUT2D eigenvalue weighted by Crippen LogP contribution is 2.12. The summed E-state index contributed by atoms with van der Waals surface area (Å²) in [5, 5.41) is 0. The molecule has 0 saturated heterocycles. The van der Waals surface area contributed by atoms with Crippen LogP contribution in [-0.2, 0) is 0 Å². The molecule has 10 heavy (non-hydrogen) atoms. The molecule has 2 N–H and O–H groups in total. The third kappa shape index (κ3) is 6.09.